The minimum atomic E-state index is -0.479. The topological polar surface area (TPSA) is 46.3 Å². The fourth-order valence-corrected chi connectivity index (χ4v) is 2.60. The molecular weight excluding hydrogens is 391 g/mol. The number of hydrogen-bond acceptors (Lipinski definition) is 2. The average Bonchev–Trinajstić information content (AvgIpc) is 2.40. The summed E-state index contributed by atoms with van der Waals surface area (Å²) in [5, 5.41) is 0. The third-order valence-electron chi connectivity index (χ3n) is 2.84. The number of hydrogen-bond donors (Lipinski definition) is 1. The lowest BCUT2D eigenvalue weighted by Crippen LogP contribution is -2.27. The molecule has 0 fully saturated rings. The Balaban J connectivity index is 2.40. The second kappa shape index (κ2) is 5.93. The van der Waals surface area contributed by atoms with Crippen LogP contribution in [0.5, 0.6) is 0 Å². The molecule has 0 saturated carbocycles. The highest BCUT2D eigenvalue weighted by molar-refractivity contribution is 9.10. The van der Waals surface area contributed by atoms with Gasteiger partial charge in [-0.1, -0.05) is 22.0 Å². The largest absolute Gasteiger partial charge is 0.397 e. The molecule has 3 nitrogen and oxygen atoms in total. The molecule has 6 heteroatoms. The van der Waals surface area contributed by atoms with Crippen LogP contribution < -0.4 is 10.6 Å². The summed E-state index contributed by atoms with van der Waals surface area (Å²) in [6, 6.07) is 9.56. The van der Waals surface area contributed by atoms with Crippen LogP contribution >= 0.6 is 31.9 Å². The van der Waals surface area contributed by atoms with E-state index in [1.54, 1.807) is 31.3 Å². The predicted molar refractivity (Wildman–Crippen MR) is 85.4 cm³/mol. The molecule has 2 aromatic rings. The summed E-state index contributed by atoms with van der Waals surface area (Å²) < 4.78 is 14.5. The quantitative estimate of drug-likeness (QED) is 0.766. The molecule has 0 atom stereocenters. The average molecular weight is 402 g/mol. The van der Waals surface area contributed by atoms with E-state index in [-0.39, 0.29) is 15.9 Å². The van der Waals surface area contributed by atoms with Crippen molar-refractivity contribution in [2.75, 3.05) is 17.7 Å². The van der Waals surface area contributed by atoms with E-state index in [1.807, 2.05) is 0 Å². The zero-order valence-electron chi connectivity index (χ0n) is 10.5. The number of rotatable bonds is 2. The van der Waals surface area contributed by atoms with Crippen LogP contribution in [0.25, 0.3) is 0 Å². The molecule has 0 aliphatic heterocycles. The van der Waals surface area contributed by atoms with E-state index in [0.29, 0.717) is 11.4 Å². The lowest BCUT2D eigenvalue weighted by molar-refractivity contribution is 0.0992. The highest BCUT2D eigenvalue weighted by atomic mass is 79.9. The van der Waals surface area contributed by atoms with Crippen LogP contribution in [0.4, 0.5) is 15.8 Å². The van der Waals surface area contributed by atoms with Gasteiger partial charge in [0.1, 0.15) is 5.82 Å². The van der Waals surface area contributed by atoms with Gasteiger partial charge in [0.05, 0.1) is 21.4 Å². The van der Waals surface area contributed by atoms with Gasteiger partial charge in [0.25, 0.3) is 5.91 Å². The zero-order valence-corrected chi connectivity index (χ0v) is 13.7. The van der Waals surface area contributed by atoms with Crippen molar-refractivity contribution in [1.29, 1.82) is 0 Å². The molecule has 0 saturated heterocycles. The number of amides is 1. The van der Waals surface area contributed by atoms with E-state index in [4.69, 9.17) is 5.73 Å². The van der Waals surface area contributed by atoms with Gasteiger partial charge >= 0.3 is 0 Å². The number of carbonyl (C=O) groups excluding carboxylic acids is 1. The molecule has 2 aromatic carbocycles. The molecule has 104 valence electrons. The summed E-state index contributed by atoms with van der Waals surface area (Å²) in [5.41, 5.74) is 7.17. The number of halogens is 3. The SMILES string of the molecule is CN(C(=O)c1cccc(F)c1Br)c1ccc(Br)cc1N. The summed E-state index contributed by atoms with van der Waals surface area (Å²) in [6.45, 7) is 0. The van der Waals surface area contributed by atoms with Gasteiger partial charge in [-0.15, -0.1) is 0 Å². The first-order valence-corrected chi connectivity index (χ1v) is 7.27. The van der Waals surface area contributed by atoms with Crippen LogP contribution in [-0.2, 0) is 0 Å². The molecule has 20 heavy (non-hydrogen) atoms. The maximum Gasteiger partial charge on any atom is 0.259 e. The summed E-state index contributed by atoms with van der Waals surface area (Å²) in [4.78, 5) is 13.8. The number of anilines is 2. The smallest absolute Gasteiger partial charge is 0.259 e. The Morgan fingerprint density at radius 2 is 1.95 bits per heavy atom. The second-order valence-electron chi connectivity index (χ2n) is 4.17. The van der Waals surface area contributed by atoms with Crippen LogP contribution in [0, 0.1) is 5.82 Å². The Morgan fingerprint density at radius 1 is 1.25 bits per heavy atom. The van der Waals surface area contributed by atoms with Crippen LogP contribution in [0.2, 0.25) is 0 Å². The minimum Gasteiger partial charge on any atom is -0.397 e. The van der Waals surface area contributed by atoms with Crippen molar-refractivity contribution in [2.24, 2.45) is 0 Å². The molecule has 0 unspecified atom stereocenters. The summed E-state index contributed by atoms with van der Waals surface area (Å²) in [5.74, 6) is -0.821. The molecule has 1 amide bonds. The minimum absolute atomic E-state index is 0.146. The van der Waals surface area contributed by atoms with E-state index in [2.05, 4.69) is 31.9 Å². The van der Waals surface area contributed by atoms with Crippen molar-refractivity contribution >= 4 is 49.1 Å². The van der Waals surface area contributed by atoms with E-state index >= 15 is 0 Å². The van der Waals surface area contributed by atoms with Crippen molar-refractivity contribution in [3.63, 3.8) is 0 Å². The first-order chi connectivity index (χ1) is 9.41. The molecule has 0 aromatic heterocycles. The van der Waals surface area contributed by atoms with Crippen molar-refractivity contribution in [3.8, 4) is 0 Å². The molecule has 0 aliphatic rings. The van der Waals surface area contributed by atoms with E-state index in [9.17, 15) is 9.18 Å². The highest BCUT2D eigenvalue weighted by Gasteiger charge is 2.19. The number of nitrogens with zero attached hydrogens (tertiary/aromatic N) is 1. The van der Waals surface area contributed by atoms with Gasteiger partial charge in [0, 0.05) is 11.5 Å². The Hall–Kier alpha value is -1.40. The van der Waals surface area contributed by atoms with Crippen LogP contribution in [-0.4, -0.2) is 13.0 Å². The van der Waals surface area contributed by atoms with Gasteiger partial charge in [-0.3, -0.25) is 4.79 Å². The van der Waals surface area contributed by atoms with Crippen molar-refractivity contribution in [1.82, 2.24) is 0 Å². The number of nitrogens with two attached hydrogens (primary N) is 1. The fourth-order valence-electron chi connectivity index (χ4n) is 1.79. The normalized spacial score (nSPS) is 10.4. The Bertz CT molecular complexity index is 676. The lowest BCUT2D eigenvalue weighted by Gasteiger charge is -2.20. The van der Waals surface area contributed by atoms with Gasteiger partial charge in [-0.2, -0.15) is 0 Å². The second-order valence-corrected chi connectivity index (χ2v) is 5.88. The Morgan fingerprint density at radius 3 is 2.60 bits per heavy atom. The molecule has 0 bridgehead atoms. The summed E-state index contributed by atoms with van der Waals surface area (Å²) >= 11 is 6.40. The molecular formula is C14H11Br2FN2O. The molecule has 2 N–H and O–H groups in total. The Labute approximate surface area is 132 Å². The predicted octanol–water partition coefficient (Wildman–Crippen LogP) is 4.21. The van der Waals surface area contributed by atoms with Gasteiger partial charge in [0.2, 0.25) is 0 Å². The maximum atomic E-state index is 13.5. The molecule has 0 radical (unpaired) electrons. The van der Waals surface area contributed by atoms with Crippen molar-refractivity contribution < 1.29 is 9.18 Å². The summed E-state index contributed by atoms with van der Waals surface area (Å²) in [6.07, 6.45) is 0. The molecule has 2 rings (SSSR count). The standard InChI is InChI=1S/C14H11Br2FN2O/c1-19(12-6-5-8(15)7-11(12)18)14(20)9-3-2-4-10(17)13(9)16/h2-7H,18H2,1H3. The lowest BCUT2D eigenvalue weighted by atomic mass is 10.1. The fraction of sp³-hybridized carbons (Fsp3) is 0.0714. The third kappa shape index (κ3) is 2.86. The first-order valence-electron chi connectivity index (χ1n) is 5.69. The maximum absolute atomic E-state index is 13.5. The number of benzene rings is 2. The monoisotopic (exact) mass is 400 g/mol. The van der Waals surface area contributed by atoms with Crippen LogP contribution in [0.3, 0.4) is 0 Å². The van der Waals surface area contributed by atoms with Gasteiger partial charge < -0.3 is 10.6 Å². The van der Waals surface area contributed by atoms with Crippen molar-refractivity contribution in [2.45, 2.75) is 0 Å². The highest BCUT2D eigenvalue weighted by Crippen LogP contribution is 2.29. The number of nitrogen functional groups attached to an aromatic ring is 1. The van der Waals surface area contributed by atoms with E-state index in [0.717, 1.165) is 4.47 Å². The molecule has 0 heterocycles. The third-order valence-corrected chi connectivity index (χ3v) is 4.14. The van der Waals surface area contributed by atoms with Gasteiger partial charge in [-0.25, -0.2) is 4.39 Å². The number of carbonyl (C=O) groups is 1. The molecule has 0 aliphatic carbocycles. The van der Waals surface area contributed by atoms with E-state index < -0.39 is 5.82 Å². The van der Waals surface area contributed by atoms with Crippen molar-refractivity contribution in [3.05, 3.63) is 56.7 Å². The Kier molecular flexibility index (Phi) is 4.45. The van der Waals surface area contributed by atoms with E-state index in [1.165, 1.54) is 17.0 Å². The van der Waals surface area contributed by atoms with Gasteiger partial charge in [0.15, 0.2) is 0 Å². The first kappa shape index (κ1) is 15.0. The van der Waals surface area contributed by atoms with Gasteiger partial charge in [-0.05, 0) is 46.3 Å². The zero-order chi connectivity index (χ0) is 14.9. The van der Waals surface area contributed by atoms with Crippen LogP contribution in [0.15, 0.2) is 45.3 Å². The van der Waals surface area contributed by atoms with Crippen LogP contribution in [0.1, 0.15) is 10.4 Å². The molecule has 0 spiro atoms. The summed E-state index contributed by atoms with van der Waals surface area (Å²) in [7, 11) is 1.60.